The summed E-state index contributed by atoms with van der Waals surface area (Å²) in [6.45, 7) is 0. The Morgan fingerprint density at radius 3 is 2.39 bits per heavy atom. The van der Waals surface area contributed by atoms with E-state index in [4.69, 9.17) is 9.47 Å². The van der Waals surface area contributed by atoms with Crippen molar-refractivity contribution in [2.45, 2.75) is 37.4 Å². The second-order valence-corrected chi connectivity index (χ2v) is 6.47. The minimum absolute atomic E-state index is 0.0369. The summed E-state index contributed by atoms with van der Waals surface area (Å²) in [5, 5.41) is -0.0369. The molecule has 0 aliphatic heterocycles. The first-order valence-corrected chi connectivity index (χ1v) is 7.41. The molecule has 0 radical (unpaired) electrons. The predicted molar refractivity (Wildman–Crippen MR) is 69.3 cm³/mol. The Morgan fingerprint density at radius 2 is 1.94 bits per heavy atom. The van der Waals surface area contributed by atoms with Gasteiger partial charge in [-0.25, -0.2) is 0 Å². The number of hydrogen-bond acceptors (Lipinski definition) is 5. The van der Waals surface area contributed by atoms with Crippen molar-refractivity contribution in [2.24, 2.45) is 11.3 Å². The molecule has 0 N–H and O–H groups in total. The molecule has 0 aromatic heterocycles. The molecule has 0 heterocycles. The number of esters is 2. The van der Waals surface area contributed by atoms with Crippen LogP contribution in [0.15, 0.2) is 0 Å². The quantitative estimate of drug-likeness (QED) is 0.664. The highest BCUT2D eigenvalue weighted by Gasteiger charge is 2.47. The van der Waals surface area contributed by atoms with Crippen molar-refractivity contribution in [2.75, 3.05) is 20.0 Å². The Hall–Kier alpha value is -0.710. The van der Waals surface area contributed by atoms with Gasteiger partial charge in [-0.1, -0.05) is 0 Å². The summed E-state index contributed by atoms with van der Waals surface area (Å²) in [6.07, 6.45) is 4.85. The molecule has 2 aliphatic rings. The molecule has 2 saturated carbocycles. The van der Waals surface area contributed by atoms with Crippen LogP contribution in [0.1, 0.15) is 32.1 Å². The van der Waals surface area contributed by atoms with E-state index in [0.717, 1.165) is 31.4 Å². The second-order valence-electron chi connectivity index (χ2n) is 5.35. The number of ether oxygens (including phenoxy) is 2. The van der Waals surface area contributed by atoms with Gasteiger partial charge < -0.3 is 9.47 Å². The number of carbonyl (C=O) groups is 2. The fourth-order valence-corrected chi connectivity index (χ4v) is 3.81. The molecule has 2 aliphatic carbocycles. The summed E-state index contributed by atoms with van der Waals surface area (Å²) in [5.74, 6) is 1.08. The molecular weight excluding hydrogens is 252 g/mol. The molecule has 1 unspecified atom stereocenters. The molecule has 0 spiro atoms. The van der Waals surface area contributed by atoms with Crippen LogP contribution in [0.5, 0.6) is 0 Å². The monoisotopic (exact) mass is 272 g/mol. The van der Waals surface area contributed by atoms with E-state index in [-0.39, 0.29) is 22.6 Å². The van der Waals surface area contributed by atoms with Crippen LogP contribution in [0.2, 0.25) is 0 Å². The van der Waals surface area contributed by atoms with Crippen molar-refractivity contribution in [3.05, 3.63) is 0 Å². The third kappa shape index (κ3) is 3.40. The third-order valence-electron chi connectivity index (χ3n) is 3.76. The first-order valence-electron chi connectivity index (χ1n) is 6.36. The van der Waals surface area contributed by atoms with E-state index in [9.17, 15) is 9.59 Å². The van der Waals surface area contributed by atoms with Gasteiger partial charge in [0.1, 0.15) is 5.25 Å². The van der Waals surface area contributed by atoms with Crippen LogP contribution in [0.3, 0.4) is 0 Å². The first kappa shape index (κ1) is 13.7. The van der Waals surface area contributed by atoms with Crippen molar-refractivity contribution in [3.8, 4) is 0 Å². The van der Waals surface area contributed by atoms with Gasteiger partial charge in [0.15, 0.2) is 0 Å². The molecule has 102 valence electrons. The molecule has 0 aromatic carbocycles. The van der Waals surface area contributed by atoms with Crippen LogP contribution in [0, 0.1) is 11.3 Å². The number of hydrogen-bond donors (Lipinski definition) is 0. The molecule has 4 nitrogen and oxygen atoms in total. The number of thioether (sulfide) groups is 1. The van der Waals surface area contributed by atoms with Gasteiger partial charge in [-0.15, -0.1) is 11.8 Å². The number of methoxy groups -OCH3 is 2. The van der Waals surface area contributed by atoms with Gasteiger partial charge in [-0.3, -0.25) is 9.59 Å². The maximum absolute atomic E-state index is 11.7. The molecule has 0 amide bonds. The second kappa shape index (κ2) is 5.51. The zero-order valence-electron chi connectivity index (χ0n) is 10.9. The SMILES string of the molecule is COC(=O)CC1(CSC(C(=O)OC)C2CC2)CC1. The highest BCUT2D eigenvalue weighted by molar-refractivity contribution is 8.00. The highest BCUT2D eigenvalue weighted by Crippen LogP contribution is 2.53. The van der Waals surface area contributed by atoms with E-state index in [0.29, 0.717) is 12.3 Å². The van der Waals surface area contributed by atoms with Gasteiger partial charge in [0.2, 0.25) is 0 Å². The lowest BCUT2D eigenvalue weighted by atomic mass is 10.1. The van der Waals surface area contributed by atoms with Crippen molar-refractivity contribution in [3.63, 3.8) is 0 Å². The zero-order valence-corrected chi connectivity index (χ0v) is 11.8. The fourth-order valence-electron chi connectivity index (χ4n) is 2.11. The molecule has 18 heavy (non-hydrogen) atoms. The van der Waals surface area contributed by atoms with E-state index in [1.54, 1.807) is 11.8 Å². The average Bonchev–Trinajstić information content (AvgIpc) is 3.25. The minimum Gasteiger partial charge on any atom is -0.469 e. The maximum atomic E-state index is 11.7. The topological polar surface area (TPSA) is 52.6 Å². The van der Waals surface area contributed by atoms with Crippen LogP contribution >= 0.6 is 11.8 Å². The summed E-state index contributed by atoms with van der Waals surface area (Å²) in [5.41, 5.74) is 0.0823. The lowest BCUT2D eigenvalue weighted by Crippen LogP contribution is -2.23. The normalized spacial score (nSPS) is 22.1. The number of rotatable bonds is 7. The molecule has 0 aromatic rings. The Morgan fingerprint density at radius 1 is 1.28 bits per heavy atom. The van der Waals surface area contributed by atoms with E-state index in [2.05, 4.69) is 0 Å². The van der Waals surface area contributed by atoms with Crippen LogP contribution in [-0.4, -0.2) is 37.2 Å². The highest BCUT2D eigenvalue weighted by atomic mass is 32.2. The van der Waals surface area contributed by atoms with Gasteiger partial charge in [0, 0.05) is 5.75 Å². The van der Waals surface area contributed by atoms with E-state index >= 15 is 0 Å². The van der Waals surface area contributed by atoms with Gasteiger partial charge in [-0.2, -0.15) is 0 Å². The standard InChI is InChI=1S/C13H20O4S/c1-16-10(14)7-13(5-6-13)8-18-11(9-3-4-9)12(15)17-2/h9,11H,3-8H2,1-2H3. The average molecular weight is 272 g/mol. The van der Waals surface area contributed by atoms with Gasteiger partial charge in [0.25, 0.3) is 0 Å². The Balaban J connectivity index is 1.82. The lowest BCUT2D eigenvalue weighted by Gasteiger charge is -2.18. The van der Waals surface area contributed by atoms with E-state index in [1.807, 2.05) is 0 Å². The summed E-state index contributed by atoms with van der Waals surface area (Å²) in [6, 6.07) is 0. The van der Waals surface area contributed by atoms with E-state index < -0.39 is 0 Å². The van der Waals surface area contributed by atoms with Crippen molar-refractivity contribution in [1.82, 2.24) is 0 Å². The van der Waals surface area contributed by atoms with Crippen LogP contribution in [0.25, 0.3) is 0 Å². The smallest absolute Gasteiger partial charge is 0.319 e. The minimum atomic E-state index is -0.144. The predicted octanol–water partition coefficient (Wildman–Crippen LogP) is 2.01. The van der Waals surface area contributed by atoms with Gasteiger partial charge >= 0.3 is 11.9 Å². The molecule has 2 fully saturated rings. The molecule has 1 atom stereocenters. The zero-order chi connectivity index (χ0) is 13.2. The van der Waals surface area contributed by atoms with Crippen molar-refractivity contribution >= 4 is 23.7 Å². The van der Waals surface area contributed by atoms with Crippen LogP contribution in [0.4, 0.5) is 0 Å². The lowest BCUT2D eigenvalue weighted by molar-refractivity contribution is -0.142. The van der Waals surface area contributed by atoms with Gasteiger partial charge in [0.05, 0.1) is 20.6 Å². The molecule has 0 bridgehead atoms. The Kier molecular flexibility index (Phi) is 4.20. The summed E-state index contributed by atoms with van der Waals surface area (Å²) < 4.78 is 9.57. The summed E-state index contributed by atoms with van der Waals surface area (Å²) in [4.78, 5) is 23.0. The Labute approximate surface area is 112 Å². The Bertz CT molecular complexity index is 334. The fraction of sp³-hybridized carbons (Fsp3) is 0.846. The van der Waals surface area contributed by atoms with Gasteiger partial charge in [-0.05, 0) is 37.0 Å². The van der Waals surface area contributed by atoms with E-state index in [1.165, 1.54) is 14.2 Å². The largest absolute Gasteiger partial charge is 0.469 e. The molecular formula is C13H20O4S. The van der Waals surface area contributed by atoms with Crippen molar-refractivity contribution in [1.29, 1.82) is 0 Å². The molecule has 5 heteroatoms. The summed E-state index contributed by atoms with van der Waals surface area (Å²) >= 11 is 1.66. The third-order valence-corrected chi connectivity index (χ3v) is 5.47. The van der Waals surface area contributed by atoms with Crippen LogP contribution < -0.4 is 0 Å². The number of carbonyl (C=O) groups excluding carboxylic acids is 2. The maximum Gasteiger partial charge on any atom is 0.319 e. The molecule has 0 saturated heterocycles. The summed E-state index contributed by atoms with van der Waals surface area (Å²) in [7, 11) is 2.87. The van der Waals surface area contributed by atoms with Crippen LogP contribution in [-0.2, 0) is 19.1 Å². The first-order chi connectivity index (χ1) is 8.60. The molecule has 2 rings (SSSR count). The van der Waals surface area contributed by atoms with Crippen molar-refractivity contribution < 1.29 is 19.1 Å².